The van der Waals surface area contributed by atoms with Gasteiger partial charge in [0, 0.05) is 6.07 Å². The van der Waals surface area contributed by atoms with Crippen LogP contribution in [0.25, 0.3) is 0 Å². The van der Waals surface area contributed by atoms with E-state index in [-0.39, 0.29) is 11.6 Å². The molecule has 1 heterocycles. The number of esters is 1. The molecule has 5 nitrogen and oxygen atoms in total. The molecule has 0 aromatic carbocycles. The van der Waals surface area contributed by atoms with Crippen LogP contribution in [-0.2, 0) is 4.74 Å². The van der Waals surface area contributed by atoms with Crippen molar-refractivity contribution in [3.63, 3.8) is 0 Å². The van der Waals surface area contributed by atoms with Crippen LogP contribution >= 0.6 is 0 Å². The van der Waals surface area contributed by atoms with Gasteiger partial charge in [0.2, 0.25) is 5.88 Å². The standard InChI is InChI=1S/C9H10F2N2O3/c1-15-5-3-4(12)6(9(14)16-2)7(13-5)8(10)11/h3,8H,1-2H3,(H2,12,13). The van der Waals surface area contributed by atoms with Gasteiger partial charge in [-0.2, -0.15) is 0 Å². The topological polar surface area (TPSA) is 74.4 Å². The first-order valence-corrected chi connectivity index (χ1v) is 4.22. The Morgan fingerprint density at radius 1 is 1.50 bits per heavy atom. The third-order valence-corrected chi connectivity index (χ3v) is 1.86. The minimum atomic E-state index is -2.94. The number of rotatable bonds is 3. The Morgan fingerprint density at radius 3 is 2.56 bits per heavy atom. The van der Waals surface area contributed by atoms with Crippen molar-refractivity contribution < 1.29 is 23.0 Å². The second-order valence-corrected chi connectivity index (χ2v) is 2.81. The molecular weight excluding hydrogens is 222 g/mol. The van der Waals surface area contributed by atoms with E-state index in [1.807, 2.05) is 0 Å². The second-order valence-electron chi connectivity index (χ2n) is 2.81. The largest absolute Gasteiger partial charge is 0.481 e. The van der Waals surface area contributed by atoms with Crippen molar-refractivity contribution in [2.45, 2.75) is 6.43 Å². The Balaban J connectivity index is 3.39. The zero-order chi connectivity index (χ0) is 12.3. The van der Waals surface area contributed by atoms with Gasteiger partial charge in [0.1, 0.15) is 11.3 Å². The van der Waals surface area contributed by atoms with Crippen LogP contribution in [0.2, 0.25) is 0 Å². The summed E-state index contributed by atoms with van der Waals surface area (Å²) in [4.78, 5) is 14.7. The van der Waals surface area contributed by atoms with Crippen LogP contribution in [0.1, 0.15) is 22.5 Å². The molecule has 0 fully saturated rings. The highest BCUT2D eigenvalue weighted by atomic mass is 19.3. The highest BCUT2D eigenvalue weighted by Crippen LogP contribution is 2.28. The Kier molecular flexibility index (Phi) is 3.60. The van der Waals surface area contributed by atoms with Crippen LogP contribution in [0.3, 0.4) is 0 Å². The number of nitrogens with zero attached hydrogens (tertiary/aromatic N) is 1. The van der Waals surface area contributed by atoms with E-state index in [1.165, 1.54) is 13.2 Å². The van der Waals surface area contributed by atoms with Gasteiger partial charge >= 0.3 is 5.97 Å². The molecule has 0 unspecified atom stereocenters. The monoisotopic (exact) mass is 232 g/mol. The van der Waals surface area contributed by atoms with Gasteiger partial charge in [-0.05, 0) is 0 Å². The average molecular weight is 232 g/mol. The van der Waals surface area contributed by atoms with E-state index in [0.717, 1.165) is 7.11 Å². The Labute approximate surface area is 90.2 Å². The molecule has 88 valence electrons. The van der Waals surface area contributed by atoms with Crippen molar-refractivity contribution in [1.29, 1.82) is 0 Å². The number of anilines is 1. The minimum absolute atomic E-state index is 0.0829. The fraction of sp³-hybridized carbons (Fsp3) is 0.333. The fourth-order valence-corrected chi connectivity index (χ4v) is 1.15. The number of carbonyl (C=O) groups excluding carboxylic acids is 1. The van der Waals surface area contributed by atoms with Crippen molar-refractivity contribution >= 4 is 11.7 Å². The normalized spacial score (nSPS) is 10.3. The van der Waals surface area contributed by atoms with Gasteiger partial charge in [0.15, 0.2) is 0 Å². The molecule has 1 aromatic heterocycles. The Bertz CT molecular complexity index is 410. The summed E-state index contributed by atoms with van der Waals surface area (Å²) in [6.45, 7) is 0. The summed E-state index contributed by atoms with van der Waals surface area (Å²) in [6.07, 6.45) is -2.94. The molecule has 0 amide bonds. The van der Waals surface area contributed by atoms with Crippen molar-refractivity contribution in [3.8, 4) is 5.88 Å². The lowest BCUT2D eigenvalue weighted by Crippen LogP contribution is -2.12. The van der Waals surface area contributed by atoms with Crippen molar-refractivity contribution in [1.82, 2.24) is 4.98 Å². The van der Waals surface area contributed by atoms with Crippen molar-refractivity contribution in [3.05, 3.63) is 17.3 Å². The maximum absolute atomic E-state index is 12.6. The van der Waals surface area contributed by atoms with Crippen molar-refractivity contribution in [2.24, 2.45) is 0 Å². The number of hydrogen-bond acceptors (Lipinski definition) is 5. The van der Waals surface area contributed by atoms with Gasteiger partial charge in [0.25, 0.3) is 6.43 Å². The predicted molar refractivity (Wildman–Crippen MR) is 51.5 cm³/mol. The minimum Gasteiger partial charge on any atom is -0.481 e. The van der Waals surface area contributed by atoms with Crippen LogP contribution in [0, 0.1) is 0 Å². The van der Waals surface area contributed by atoms with E-state index in [2.05, 4.69) is 14.5 Å². The molecule has 0 radical (unpaired) electrons. The highest BCUT2D eigenvalue weighted by Gasteiger charge is 2.24. The van der Waals surface area contributed by atoms with E-state index in [0.29, 0.717) is 0 Å². The third kappa shape index (κ3) is 2.18. The van der Waals surface area contributed by atoms with E-state index in [1.54, 1.807) is 0 Å². The molecule has 0 aliphatic rings. The smallest absolute Gasteiger partial charge is 0.342 e. The predicted octanol–water partition coefficient (Wildman–Crippen LogP) is 1.40. The lowest BCUT2D eigenvalue weighted by Gasteiger charge is -2.10. The van der Waals surface area contributed by atoms with E-state index in [4.69, 9.17) is 5.73 Å². The van der Waals surface area contributed by atoms with Gasteiger partial charge in [-0.25, -0.2) is 18.6 Å². The molecule has 0 saturated heterocycles. The van der Waals surface area contributed by atoms with Gasteiger partial charge in [-0.1, -0.05) is 0 Å². The number of nitrogen functional groups attached to an aromatic ring is 1. The first-order chi connectivity index (χ1) is 7.51. The zero-order valence-electron chi connectivity index (χ0n) is 8.66. The average Bonchev–Trinajstić information content (AvgIpc) is 2.26. The summed E-state index contributed by atoms with van der Waals surface area (Å²) in [7, 11) is 2.33. The number of pyridine rings is 1. The maximum Gasteiger partial charge on any atom is 0.342 e. The molecule has 0 aliphatic carbocycles. The first kappa shape index (κ1) is 12.2. The SMILES string of the molecule is COC(=O)c1c(N)cc(OC)nc1C(F)F. The van der Waals surface area contributed by atoms with Crippen LogP contribution in [-0.4, -0.2) is 25.2 Å². The molecule has 0 saturated carbocycles. The van der Waals surface area contributed by atoms with Gasteiger partial charge < -0.3 is 15.2 Å². The summed E-state index contributed by atoms with van der Waals surface area (Å²) in [5.74, 6) is -1.04. The number of methoxy groups -OCH3 is 2. The molecule has 0 bridgehead atoms. The first-order valence-electron chi connectivity index (χ1n) is 4.22. The van der Waals surface area contributed by atoms with Gasteiger partial charge in [-0.3, -0.25) is 0 Å². The molecule has 1 aromatic rings. The third-order valence-electron chi connectivity index (χ3n) is 1.86. The summed E-state index contributed by atoms with van der Waals surface area (Å²) in [6, 6.07) is 1.18. The lowest BCUT2D eigenvalue weighted by atomic mass is 10.1. The molecule has 0 aliphatic heterocycles. The lowest BCUT2D eigenvalue weighted by molar-refractivity contribution is 0.0588. The number of halogens is 2. The number of carbonyl (C=O) groups is 1. The van der Waals surface area contributed by atoms with E-state index in [9.17, 15) is 13.6 Å². The fourth-order valence-electron chi connectivity index (χ4n) is 1.15. The van der Waals surface area contributed by atoms with Crippen LogP contribution in [0.15, 0.2) is 6.07 Å². The number of nitrogens with two attached hydrogens (primary N) is 1. The number of ether oxygens (including phenoxy) is 2. The molecule has 1 rings (SSSR count). The van der Waals surface area contributed by atoms with Crippen molar-refractivity contribution in [2.75, 3.05) is 20.0 Å². The maximum atomic E-state index is 12.6. The second kappa shape index (κ2) is 4.73. The van der Waals surface area contributed by atoms with Gasteiger partial charge in [0.05, 0.1) is 19.9 Å². The number of hydrogen-bond donors (Lipinski definition) is 1. The zero-order valence-corrected chi connectivity index (χ0v) is 8.66. The van der Waals surface area contributed by atoms with E-state index < -0.39 is 23.7 Å². The van der Waals surface area contributed by atoms with Crippen LogP contribution in [0.4, 0.5) is 14.5 Å². The quantitative estimate of drug-likeness (QED) is 0.797. The van der Waals surface area contributed by atoms with Crippen LogP contribution in [0.5, 0.6) is 5.88 Å². The number of alkyl halides is 2. The molecular formula is C9H10F2N2O3. The number of aromatic nitrogens is 1. The molecule has 16 heavy (non-hydrogen) atoms. The molecule has 7 heteroatoms. The van der Waals surface area contributed by atoms with Crippen LogP contribution < -0.4 is 10.5 Å². The molecule has 0 spiro atoms. The summed E-state index contributed by atoms with van der Waals surface area (Å²) in [5, 5.41) is 0. The Morgan fingerprint density at radius 2 is 2.12 bits per heavy atom. The Hall–Kier alpha value is -1.92. The summed E-state index contributed by atoms with van der Waals surface area (Å²) >= 11 is 0. The highest BCUT2D eigenvalue weighted by molar-refractivity contribution is 5.96. The summed E-state index contributed by atoms with van der Waals surface area (Å²) in [5.41, 5.74) is 4.12. The van der Waals surface area contributed by atoms with E-state index >= 15 is 0 Å². The van der Waals surface area contributed by atoms with Gasteiger partial charge in [-0.15, -0.1) is 0 Å². The summed E-state index contributed by atoms with van der Waals surface area (Å²) < 4.78 is 34.3. The molecule has 2 N–H and O–H groups in total. The molecule has 0 atom stereocenters.